The number of methoxy groups -OCH3 is 1. The summed E-state index contributed by atoms with van der Waals surface area (Å²) in [5.74, 6) is -2.03. The minimum absolute atomic E-state index is 0.0933. The molecule has 1 aliphatic rings. The molecule has 19 heavy (non-hydrogen) atoms. The van der Waals surface area contributed by atoms with Crippen LogP contribution in [0.25, 0.3) is 0 Å². The van der Waals surface area contributed by atoms with Crippen molar-refractivity contribution in [2.24, 2.45) is 11.8 Å². The number of cyclic esters (lactones) is 1. The van der Waals surface area contributed by atoms with Crippen molar-refractivity contribution >= 4 is 11.9 Å². The van der Waals surface area contributed by atoms with Gasteiger partial charge in [-0.25, -0.2) is 0 Å². The van der Waals surface area contributed by atoms with Crippen molar-refractivity contribution in [1.29, 1.82) is 0 Å². The number of benzene rings is 1. The maximum absolute atomic E-state index is 11.9. The molecular weight excluding hydrogens is 244 g/mol. The predicted octanol–water partition coefficient (Wildman–Crippen LogP) is 2.27. The summed E-state index contributed by atoms with van der Waals surface area (Å²) in [4.78, 5) is 23.4. The fraction of sp³-hybridized carbons (Fsp3) is 0.333. The molecule has 1 aromatic carbocycles. The molecule has 0 aliphatic carbocycles. The lowest BCUT2D eigenvalue weighted by Gasteiger charge is -2.32. The monoisotopic (exact) mass is 260 g/mol. The SMILES string of the molecule is C=CC1CC(C(=O)OC)C(=O)OC1c1ccccc1. The van der Waals surface area contributed by atoms with Gasteiger partial charge in [-0.15, -0.1) is 6.58 Å². The van der Waals surface area contributed by atoms with Gasteiger partial charge in [0.15, 0.2) is 5.92 Å². The number of ether oxygens (including phenoxy) is 2. The smallest absolute Gasteiger partial charge is 0.320 e. The molecule has 0 N–H and O–H groups in total. The van der Waals surface area contributed by atoms with Crippen LogP contribution < -0.4 is 0 Å². The first-order chi connectivity index (χ1) is 9.17. The second kappa shape index (κ2) is 5.69. The molecule has 0 radical (unpaired) electrons. The Morgan fingerprint density at radius 1 is 1.42 bits per heavy atom. The Kier molecular flexibility index (Phi) is 4.00. The minimum atomic E-state index is -0.854. The van der Waals surface area contributed by atoms with Gasteiger partial charge >= 0.3 is 11.9 Å². The van der Waals surface area contributed by atoms with Gasteiger partial charge < -0.3 is 9.47 Å². The van der Waals surface area contributed by atoms with Crippen molar-refractivity contribution in [1.82, 2.24) is 0 Å². The number of rotatable bonds is 3. The summed E-state index contributed by atoms with van der Waals surface area (Å²) >= 11 is 0. The predicted molar refractivity (Wildman–Crippen MR) is 69.1 cm³/mol. The number of esters is 2. The molecule has 3 unspecified atom stereocenters. The van der Waals surface area contributed by atoms with Crippen LogP contribution in [0.5, 0.6) is 0 Å². The van der Waals surface area contributed by atoms with Crippen LogP contribution >= 0.6 is 0 Å². The molecule has 0 amide bonds. The second-order valence-electron chi connectivity index (χ2n) is 4.48. The zero-order chi connectivity index (χ0) is 13.8. The maximum atomic E-state index is 11.9. The van der Waals surface area contributed by atoms with Crippen molar-refractivity contribution < 1.29 is 19.1 Å². The zero-order valence-corrected chi connectivity index (χ0v) is 10.7. The summed E-state index contributed by atoms with van der Waals surface area (Å²) in [6, 6.07) is 9.46. The lowest BCUT2D eigenvalue weighted by atomic mass is 9.84. The van der Waals surface area contributed by atoms with Crippen molar-refractivity contribution in [2.45, 2.75) is 12.5 Å². The standard InChI is InChI=1S/C15H16O4/c1-3-10-9-12(14(16)18-2)15(17)19-13(10)11-7-5-4-6-8-11/h3-8,10,12-13H,1,9H2,2H3. The van der Waals surface area contributed by atoms with Crippen molar-refractivity contribution in [3.63, 3.8) is 0 Å². The van der Waals surface area contributed by atoms with Gasteiger partial charge in [0, 0.05) is 5.92 Å². The Morgan fingerprint density at radius 3 is 2.68 bits per heavy atom. The zero-order valence-electron chi connectivity index (χ0n) is 10.7. The Hall–Kier alpha value is -2.10. The van der Waals surface area contributed by atoms with Crippen LogP contribution in [0.1, 0.15) is 18.1 Å². The van der Waals surface area contributed by atoms with E-state index in [0.29, 0.717) is 6.42 Å². The molecule has 2 rings (SSSR count). The molecule has 0 spiro atoms. The summed E-state index contributed by atoms with van der Waals surface area (Å²) in [6.07, 6.45) is 1.71. The Morgan fingerprint density at radius 2 is 2.11 bits per heavy atom. The minimum Gasteiger partial charge on any atom is -0.468 e. The lowest BCUT2D eigenvalue weighted by molar-refractivity contribution is -0.173. The molecule has 4 heteroatoms. The van der Waals surface area contributed by atoms with Crippen LogP contribution in [-0.2, 0) is 19.1 Å². The van der Waals surface area contributed by atoms with Gasteiger partial charge in [0.05, 0.1) is 7.11 Å². The van der Waals surface area contributed by atoms with E-state index in [-0.39, 0.29) is 12.0 Å². The van der Waals surface area contributed by atoms with E-state index in [1.807, 2.05) is 30.3 Å². The summed E-state index contributed by atoms with van der Waals surface area (Å²) < 4.78 is 10.0. The van der Waals surface area contributed by atoms with Crippen LogP contribution in [-0.4, -0.2) is 19.0 Å². The van der Waals surface area contributed by atoms with E-state index in [9.17, 15) is 9.59 Å². The molecule has 0 saturated carbocycles. The number of hydrogen-bond acceptors (Lipinski definition) is 4. The summed E-state index contributed by atoms with van der Waals surface area (Å²) in [7, 11) is 1.27. The van der Waals surface area contributed by atoms with Crippen molar-refractivity contribution in [3.8, 4) is 0 Å². The van der Waals surface area contributed by atoms with Crippen LogP contribution in [0, 0.1) is 11.8 Å². The average molecular weight is 260 g/mol. The third kappa shape index (κ3) is 2.67. The number of carbonyl (C=O) groups is 2. The average Bonchev–Trinajstić information content (AvgIpc) is 2.47. The normalized spacial score (nSPS) is 26.4. The van der Waals surface area contributed by atoms with Crippen molar-refractivity contribution in [3.05, 3.63) is 48.6 Å². The summed E-state index contributed by atoms with van der Waals surface area (Å²) in [6.45, 7) is 3.76. The fourth-order valence-electron chi connectivity index (χ4n) is 2.30. The molecular formula is C15H16O4. The van der Waals surface area contributed by atoms with Gasteiger partial charge in [0.25, 0.3) is 0 Å². The van der Waals surface area contributed by atoms with Crippen LogP contribution in [0.3, 0.4) is 0 Å². The fourth-order valence-corrected chi connectivity index (χ4v) is 2.30. The molecule has 100 valence electrons. The van der Waals surface area contributed by atoms with E-state index < -0.39 is 17.9 Å². The first kappa shape index (κ1) is 13.3. The van der Waals surface area contributed by atoms with E-state index in [4.69, 9.17) is 4.74 Å². The van der Waals surface area contributed by atoms with Gasteiger partial charge in [-0.1, -0.05) is 36.4 Å². The highest BCUT2D eigenvalue weighted by Crippen LogP contribution is 2.37. The molecule has 0 aromatic heterocycles. The topological polar surface area (TPSA) is 52.6 Å². The molecule has 1 fully saturated rings. The Labute approximate surface area is 112 Å². The maximum Gasteiger partial charge on any atom is 0.320 e. The van der Waals surface area contributed by atoms with Crippen LogP contribution in [0.15, 0.2) is 43.0 Å². The third-order valence-electron chi connectivity index (χ3n) is 3.34. The van der Waals surface area contributed by atoms with E-state index in [0.717, 1.165) is 5.56 Å². The highest BCUT2D eigenvalue weighted by Gasteiger charge is 2.41. The number of hydrogen-bond donors (Lipinski definition) is 0. The number of carbonyl (C=O) groups excluding carboxylic acids is 2. The van der Waals surface area contributed by atoms with E-state index in [2.05, 4.69) is 11.3 Å². The van der Waals surface area contributed by atoms with Crippen LogP contribution in [0.4, 0.5) is 0 Å². The largest absolute Gasteiger partial charge is 0.468 e. The lowest BCUT2D eigenvalue weighted by Crippen LogP contribution is -2.37. The van der Waals surface area contributed by atoms with Gasteiger partial charge in [0.1, 0.15) is 6.10 Å². The van der Waals surface area contributed by atoms with Gasteiger partial charge in [0.2, 0.25) is 0 Å². The Balaban J connectivity index is 2.23. The van der Waals surface area contributed by atoms with Gasteiger partial charge in [-0.2, -0.15) is 0 Å². The molecule has 1 aromatic rings. The molecule has 4 nitrogen and oxygen atoms in total. The second-order valence-corrected chi connectivity index (χ2v) is 4.48. The third-order valence-corrected chi connectivity index (χ3v) is 3.34. The van der Waals surface area contributed by atoms with Crippen molar-refractivity contribution in [2.75, 3.05) is 7.11 Å². The first-order valence-electron chi connectivity index (χ1n) is 6.13. The highest BCUT2D eigenvalue weighted by molar-refractivity contribution is 5.95. The van der Waals surface area contributed by atoms with E-state index >= 15 is 0 Å². The molecule has 1 saturated heterocycles. The highest BCUT2D eigenvalue weighted by atomic mass is 16.6. The summed E-state index contributed by atoms with van der Waals surface area (Å²) in [5.41, 5.74) is 0.907. The van der Waals surface area contributed by atoms with Crippen LogP contribution in [0.2, 0.25) is 0 Å². The van der Waals surface area contributed by atoms with E-state index in [1.54, 1.807) is 6.08 Å². The molecule has 3 atom stereocenters. The molecule has 1 heterocycles. The quantitative estimate of drug-likeness (QED) is 0.475. The Bertz CT molecular complexity index is 480. The molecule has 1 aliphatic heterocycles. The van der Waals surface area contributed by atoms with Gasteiger partial charge in [-0.3, -0.25) is 9.59 Å². The molecule has 0 bridgehead atoms. The van der Waals surface area contributed by atoms with Gasteiger partial charge in [-0.05, 0) is 12.0 Å². The van der Waals surface area contributed by atoms with E-state index in [1.165, 1.54) is 7.11 Å². The first-order valence-corrected chi connectivity index (χ1v) is 6.13. The summed E-state index contributed by atoms with van der Waals surface area (Å²) in [5, 5.41) is 0.